The Morgan fingerprint density at radius 1 is 0.759 bits per heavy atom. The van der Waals surface area contributed by atoms with Crippen molar-refractivity contribution < 1.29 is 62.1 Å². The molecule has 0 aliphatic rings. The summed E-state index contributed by atoms with van der Waals surface area (Å²) in [5.41, 5.74) is -2.39. The summed E-state index contributed by atoms with van der Waals surface area (Å²) in [7, 11) is 0. The molecule has 0 aliphatic heterocycles. The van der Waals surface area contributed by atoms with Crippen molar-refractivity contribution in [3.63, 3.8) is 0 Å². The highest BCUT2D eigenvalue weighted by Gasteiger charge is 2.87. The van der Waals surface area contributed by atoms with Crippen LogP contribution in [-0.4, -0.2) is 29.9 Å². The maximum atomic E-state index is 14.0. The summed E-state index contributed by atoms with van der Waals surface area (Å²) in [5.74, 6) is -34.4. The molecule has 0 unspecified atom stereocenters. The molecular weight excluding hydrogens is 441 g/mol. The van der Waals surface area contributed by atoms with E-state index in [1.807, 2.05) is 0 Å². The number of alkyl halides is 13. The Kier molecular flexibility index (Phi) is 6.34. The van der Waals surface area contributed by atoms with Gasteiger partial charge in [0.25, 0.3) is 5.69 Å². The van der Waals surface area contributed by atoms with Gasteiger partial charge in [-0.1, -0.05) is 12.7 Å². The number of hydrogen-bond donors (Lipinski definition) is 0. The van der Waals surface area contributed by atoms with Crippen LogP contribution in [0.2, 0.25) is 0 Å². The molecule has 0 fully saturated rings. The summed E-state index contributed by atoms with van der Waals surface area (Å²) < 4.78 is 173. The third-order valence-electron chi connectivity index (χ3n) is 3.76. The monoisotopic (exact) mass is 452 g/mol. The van der Waals surface area contributed by atoms with E-state index in [4.69, 9.17) is 0 Å². The number of halogens is 13. The Morgan fingerprint density at radius 2 is 1.28 bits per heavy atom. The summed E-state index contributed by atoms with van der Waals surface area (Å²) in [4.78, 5) is 1.40. The fraction of sp³-hybridized carbons (Fsp3) is 0.533. The summed E-state index contributed by atoms with van der Waals surface area (Å²) in [6.45, 7) is 3.07. The van der Waals surface area contributed by atoms with Crippen molar-refractivity contribution in [2.45, 2.75) is 48.6 Å². The van der Waals surface area contributed by atoms with Gasteiger partial charge in [-0.2, -0.15) is 57.1 Å². The molecule has 1 heterocycles. The van der Waals surface area contributed by atoms with Gasteiger partial charge in [-0.25, -0.2) is 4.98 Å². The van der Waals surface area contributed by atoms with Crippen molar-refractivity contribution >= 4 is 6.08 Å². The zero-order chi connectivity index (χ0) is 23.1. The third-order valence-corrected chi connectivity index (χ3v) is 3.76. The van der Waals surface area contributed by atoms with Crippen molar-refractivity contribution in [1.82, 2.24) is 0 Å². The van der Waals surface area contributed by atoms with Crippen LogP contribution in [0, 0.1) is 0 Å². The molecule has 0 amide bonds. The van der Waals surface area contributed by atoms with E-state index < -0.39 is 54.3 Å². The maximum absolute atomic E-state index is 14.0. The summed E-state index contributed by atoms with van der Waals surface area (Å²) in [6, 6.07) is 1.07. The van der Waals surface area contributed by atoms with Gasteiger partial charge in [-0.15, -0.1) is 0 Å². The van der Waals surface area contributed by atoms with Crippen LogP contribution in [0.1, 0.15) is 24.1 Å². The van der Waals surface area contributed by atoms with Gasteiger partial charge in [-0.05, 0) is 5.56 Å². The molecule has 0 saturated heterocycles. The molecule has 0 aromatic carbocycles. The van der Waals surface area contributed by atoms with E-state index in [-0.39, 0.29) is 11.6 Å². The van der Waals surface area contributed by atoms with E-state index in [1.165, 1.54) is 4.98 Å². The minimum Gasteiger partial charge on any atom is -0.210 e. The molecule has 0 spiro atoms. The van der Waals surface area contributed by atoms with E-state index in [0.717, 1.165) is 12.1 Å². The highest BCUT2D eigenvalue weighted by Crippen LogP contribution is 2.60. The number of aromatic nitrogens is 1. The number of pyridine rings is 1. The van der Waals surface area contributed by atoms with Gasteiger partial charge < -0.3 is 0 Å². The normalized spacial score (nSPS) is 14.8. The number of nitrogens with one attached hydrogen (secondary N) is 1. The molecule has 0 atom stereocenters. The molecular formula is C15H11F13N+. The molecule has 14 heteroatoms. The minimum absolute atomic E-state index is 0.122. The van der Waals surface area contributed by atoms with Crippen molar-refractivity contribution in [3.8, 4) is 0 Å². The van der Waals surface area contributed by atoms with Gasteiger partial charge in [-0.3, -0.25) is 0 Å². The standard InChI is InChI=1S/C15H10F13N/c1-2-8-3-6-29-9(7-8)12(21,22)14(25,26)15(27,28)13(23,24)10(16,17)4-5-11(18,19)20/h2-3,6-7H,1,4-5H2/p+1. The zero-order valence-electron chi connectivity index (χ0n) is 13.8. The minimum atomic E-state index is -7.45. The predicted octanol–water partition coefficient (Wildman–Crippen LogP) is 6.12. The molecule has 29 heavy (non-hydrogen) atoms. The average molecular weight is 452 g/mol. The highest BCUT2D eigenvalue weighted by molar-refractivity contribution is 5.46. The number of aromatic amines is 1. The lowest BCUT2D eigenvalue weighted by atomic mass is 9.90. The van der Waals surface area contributed by atoms with E-state index in [1.54, 1.807) is 0 Å². The SMILES string of the molecule is C=Cc1cc[nH+]c(C(F)(F)C(F)(F)C(F)(F)C(F)(F)C(F)(F)CCC(F)(F)F)c1. The molecule has 1 aromatic heterocycles. The molecule has 0 aliphatic carbocycles. The van der Waals surface area contributed by atoms with Gasteiger partial charge in [0.1, 0.15) is 0 Å². The summed E-state index contributed by atoms with van der Waals surface area (Å²) >= 11 is 0. The number of hydrogen-bond acceptors (Lipinski definition) is 0. The zero-order valence-corrected chi connectivity index (χ0v) is 13.8. The van der Waals surface area contributed by atoms with Gasteiger partial charge >= 0.3 is 35.8 Å². The fourth-order valence-electron chi connectivity index (χ4n) is 2.04. The van der Waals surface area contributed by atoms with E-state index in [9.17, 15) is 57.1 Å². The average Bonchev–Trinajstić information content (AvgIpc) is 2.58. The first-order chi connectivity index (χ1) is 12.7. The third kappa shape index (κ3) is 4.29. The van der Waals surface area contributed by atoms with Crippen LogP contribution in [0.15, 0.2) is 24.9 Å². The van der Waals surface area contributed by atoms with Crippen LogP contribution in [-0.2, 0) is 5.92 Å². The summed E-state index contributed by atoms with van der Waals surface area (Å²) in [5, 5.41) is 0. The fourth-order valence-corrected chi connectivity index (χ4v) is 2.04. The quantitative estimate of drug-likeness (QED) is 0.422. The lowest BCUT2D eigenvalue weighted by Crippen LogP contribution is -2.67. The molecule has 0 saturated carbocycles. The second-order valence-corrected chi connectivity index (χ2v) is 5.86. The van der Waals surface area contributed by atoms with Gasteiger partial charge in [0.15, 0.2) is 6.20 Å². The Labute approximate surface area is 154 Å². The number of H-pyrrole nitrogens is 1. The van der Waals surface area contributed by atoms with Crippen molar-refractivity contribution in [1.29, 1.82) is 0 Å². The topological polar surface area (TPSA) is 14.1 Å². The smallest absolute Gasteiger partial charge is 0.210 e. The molecule has 0 bridgehead atoms. The Bertz CT molecular complexity index is 736. The molecule has 1 aromatic rings. The van der Waals surface area contributed by atoms with Gasteiger partial charge in [0.2, 0.25) is 0 Å². The Morgan fingerprint density at radius 3 is 1.72 bits per heavy atom. The second-order valence-electron chi connectivity index (χ2n) is 5.86. The molecule has 0 radical (unpaired) electrons. The lowest BCUT2D eigenvalue weighted by Gasteiger charge is -2.38. The second kappa shape index (κ2) is 7.35. The molecule has 1 rings (SSSR count). The van der Waals surface area contributed by atoms with Crippen molar-refractivity contribution in [2.75, 3.05) is 0 Å². The van der Waals surface area contributed by atoms with Crippen LogP contribution in [0.3, 0.4) is 0 Å². The van der Waals surface area contributed by atoms with Crippen LogP contribution in [0.4, 0.5) is 57.1 Å². The van der Waals surface area contributed by atoms with Crippen LogP contribution in [0.25, 0.3) is 6.08 Å². The lowest BCUT2D eigenvalue weighted by molar-refractivity contribution is -0.455. The maximum Gasteiger partial charge on any atom is 0.398 e. The van der Waals surface area contributed by atoms with E-state index in [2.05, 4.69) is 6.58 Å². The van der Waals surface area contributed by atoms with Crippen LogP contribution >= 0.6 is 0 Å². The first-order valence-corrected chi connectivity index (χ1v) is 7.35. The number of rotatable bonds is 8. The largest absolute Gasteiger partial charge is 0.398 e. The Hall–Kier alpha value is -2.02. The van der Waals surface area contributed by atoms with Crippen molar-refractivity contribution in [3.05, 3.63) is 36.2 Å². The highest BCUT2D eigenvalue weighted by atomic mass is 19.4. The Balaban J connectivity index is 3.43. The van der Waals surface area contributed by atoms with Crippen LogP contribution < -0.4 is 4.98 Å². The summed E-state index contributed by atoms with van der Waals surface area (Å²) in [6.07, 6.45) is -9.98. The first-order valence-electron chi connectivity index (χ1n) is 7.35. The van der Waals surface area contributed by atoms with Crippen LogP contribution in [0.5, 0.6) is 0 Å². The first kappa shape index (κ1) is 25.0. The van der Waals surface area contributed by atoms with Gasteiger partial charge in [0, 0.05) is 25.0 Å². The molecule has 166 valence electrons. The van der Waals surface area contributed by atoms with Crippen molar-refractivity contribution in [2.24, 2.45) is 0 Å². The van der Waals surface area contributed by atoms with Gasteiger partial charge in [0.05, 0.1) is 0 Å². The predicted molar refractivity (Wildman–Crippen MR) is 72.1 cm³/mol. The molecule has 1 N–H and O–H groups in total. The molecule has 1 nitrogen and oxygen atoms in total. The van der Waals surface area contributed by atoms with E-state index in [0.29, 0.717) is 6.20 Å². The van der Waals surface area contributed by atoms with E-state index >= 15 is 0 Å².